The van der Waals surface area contributed by atoms with Crippen LogP contribution in [0.25, 0.3) is 0 Å². The number of aliphatic carboxylic acids is 1. The fourth-order valence-electron chi connectivity index (χ4n) is 1.80. The largest absolute Gasteiger partial charge is 0.480 e. The van der Waals surface area contributed by atoms with Crippen molar-refractivity contribution < 1.29 is 14.7 Å². The Kier molecular flexibility index (Phi) is 5.89. The van der Waals surface area contributed by atoms with Crippen molar-refractivity contribution in [3.05, 3.63) is 34.9 Å². The van der Waals surface area contributed by atoms with Crippen molar-refractivity contribution in [2.24, 2.45) is 0 Å². The van der Waals surface area contributed by atoms with Crippen molar-refractivity contribution in [2.75, 3.05) is 12.0 Å². The molecule has 0 spiro atoms. The zero-order chi connectivity index (χ0) is 14.4. The fraction of sp³-hybridized carbons (Fsp3) is 0.429. The molecule has 1 aromatic rings. The topological polar surface area (TPSA) is 66.4 Å². The number of aryl methyl sites for hydroxylation is 2. The van der Waals surface area contributed by atoms with Gasteiger partial charge in [0.1, 0.15) is 6.04 Å². The van der Waals surface area contributed by atoms with Crippen LogP contribution < -0.4 is 5.32 Å². The van der Waals surface area contributed by atoms with Gasteiger partial charge in [0.15, 0.2) is 0 Å². The molecule has 104 valence electrons. The number of carboxylic acids is 1. The Balaban J connectivity index is 2.78. The van der Waals surface area contributed by atoms with Crippen molar-refractivity contribution in [3.8, 4) is 0 Å². The van der Waals surface area contributed by atoms with Crippen molar-refractivity contribution in [3.63, 3.8) is 0 Å². The van der Waals surface area contributed by atoms with Gasteiger partial charge in [0, 0.05) is 5.56 Å². The number of carbonyl (C=O) groups is 2. The van der Waals surface area contributed by atoms with Gasteiger partial charge in [-0.15, -0.1) is 0 Å². The monoisotopic (exact) mass is 281 g/mol. The standard InChI is InChI=1S/C14H19NO3S/c1-9-4-5-11(10(2)8-9)13(16)15-12(14(17)18)6-7-19-3/h4-5,8,12H,6-7H2,1-3H3,(H,15,16)(H,17,18)/t12-/m0/s1. The van der Waals surface area contributed by atoms with Crippen LogP contribution in [0.5, 0.6) is 0 Å². The van der Waals surface area contributed by atoms with Crippen LogP contribution in [0.15, 0.2) is 18.2 Å². The summed E-state index contributed by atoms with van der Waals surface area (Å²) in [7, 11) is 0. The first-order chi connectivity index (χ1) is 8.95. The third-order valence-electron chi connectivity index (χ3n) is 2.84. The summed E-state index contributed by atoms with van der Waals surface area (Å²) >= 11 is 1.56. The van der Waals surface area contributed by atoms with Gasteiger partial charge in [0.2, 0.25) is 0 Å². The van der Waals surface area contributed by atoms with Gasteiger partial charge in [-0.1, -0.05) is 17.7 Å². The van der Waals surface area contributed by atoms with Crippen LogP contribution in [0.2, 0.25) is 0 Å². The molecule has 19 heavy (non-hydrogen) atoms. The molecule has 0 bridgehead atoms. The van der Waals surface area contributed by atoms with E-state index in [-0.39, 0.29) is 5.91 Å². The maximum absolute atomic E-state index is 12.1. The Labute approximate surface area is 117 Å². The van der Waals surface area contributed by atoms with E-state index in [4.69, 9.17) is 5.11 Å². The van der Waals surface area contributed by atoms with Gasteiger partial charge in [-0.05, 0) is 43.9 Å². The van der Waals surface area contributed by atoms with E-state index in [1.54, 1.807) is 17.8 Å². The summed E-state index contributed by atoms with van der Waals surface area (Å²) in [6, 6.07) is 4.65. The van der Waals surface area contributed by atoms with Gasteiger partial charge < -0.3 is 10.4 Å². The number of carbonyl (C=O) groups excluding carboxylic acids is 1. The lowest BCUT2D eigenvalue weighted by molar-refractivity contribution is -0.139. The molecule has 0 fully saturated rings. The molecule has 0 saturated heterocycles. The van der Waals surface area contributed by atoms with Gasteiger partial charge >= 0.3 is 5.97 Å². The molecule has 2 N–H and O–H groups in total. The van der Waals surface area contributed by atoms with E-state index >= 15 is 0 Å². The van der Waals surface area contributed by atoms with E-state index in [0.717, 1.165) is 11.1 Å². The minimum Gasteiger partial charge on any atom is -0.480 e. The molecule has 0 aliphatic rings. The second-order valence-electron chi connectivity index (χ2n) is 4.46. The molecule has 5 heteroatoms. The number of thioether (sulfide) groups is 1. The molecule has 0 radical (unpaired) electrons. The SMILES string of the molecule is CSCC[C@H](NC(=O)c1ccc(C)cc1C)C(=O)O. The van der Waals surface area contributed by atoms with Crippen molar-refractivity contribution in [2.45, 2.75) is 26.3 Å². The minimum atomic E-state index is -0.993. The van der Waals surface area contributed by atoms with Crippen LogP contribution in [-0.4, -0.2) is 35.0 Å². The molecule has 0 aromatic heterocycles. The van der Waals surface area contributed by atoms with Gasteiger partial charge in [-0.3, -0.25) is 4.79 Å². The molecule has 1 atom stereocenters. The Morgan fingerprint density at radius 3 is 2.58 bits per heavy atom. The predicted octanol–water partition coefficient (Wildman–Crippen LogP) is 2.24. The van der Waals surface area contributed by atoms with Crippen LogP contribution in [0.4, 0.5) is 0 Å². The van der Waals surface area contributed by atoms with E-state index in [2.05, 4.69) is 5.32 Å². The molecular formula is C14H19NO3S. The molecule has 1 amide bonds. The lowest BCUT2D eigenvalue weighted by Crippen LogP contribution is -2.41. The van der Waals surface area contributed by atoms with Crippen LogP contribution in [-0.2, 0) is 4.79 Å². The maximum Gasteiger partial charge on any atom is 0.326 e. The summed E-state index contributed by atoms with van der Waals surface area (Å²) in [5, 5.41) is 11.7. The number of amides is 1. The highest BCUT2D eigenvalue weighted by Gasteiger charge is 2.20. The lowest BCUT2D eigenvalue weighted by Gasteiger charge is -2.15. The molecule has 1 rings (SSSR count). The first kappa shape index (κ1) is 15.6. The van der Waals surface area contributed by atoms with E-state index in [0.29, 0.717) is 17.7 Å². The van der Waals surface area contributed by atoms with Gasteiger partial charge in [0.25, 0.3) is 5.91 Å². The van der Waals surface area contributed by atoms with Crippen LogP contribution in [0, 0.1) is 13.8 Å². The van der Waals surface area contributed by atoms with Gasteiger partial charge in [-0.25, -0.2) is 4.79 Å². The van der Waals surface area contributed by atoms with E-state index in [9.17, 15) is 9.59 Å². The van der Waals surface area contributed by atoms with E-state index in [1.165, 1.54) is 0 Å². The third kappa shape index (κ3) is 4.59. The van der Waals surface area contributed by atoms with Crippen molar-refractivity contribution in [1.82, 2.24) is 5.32 Å². The van der Waals surface area contributed by atoms with Crippen molar-refractivity contribution >= 4 is 23.6 Å². The van der Waals surface area contributed by atoms with Crippen LogP contribution >= 0.6 is 11.8 Å². The van der Waals surface area contributed by atoms with Gasteiger partial charge in [-0.2, -0.15) is 11.8 Å². The summed E-state index contributed by atoms with van der Waals surface area (Å²) < 4.78 is 0. The molecule has 1 aromatic carbocycles. The Hall–Kier alpha value is -1.49. The highest BCUT2D eigenvalue weighted by Crippen LogP contribution is 2.11. The number of hydrogen-bond donors (Lipinski definition) is 2. The maximum atomic E-state index is 12.1. The highest BCUT2D eigenvalue weighted by molar-refractivity contribution is 7.98. The zero-order valence-corrected chi connectivity index (χ0v) is 12.2. The first-order valence-corrected chi connectivity index (χ1v) is 7.45. The second-order valence-corrected chi connectivity index (χ2v) is 5.45. The Morgan fingerprint density at radius 1 is 1.37 bits per heavy atom. The van der Waals surface area contributed by atoms with Crippen LogP contribution in [0.1, 0.15) is 27.9 Å². The molecule has 0 saturated carbocycles. The molecule has 0 unspecified atom stereocenters. The lowest BCUT2D eigenvalue weighted by atomic mass is 10.0. The summed E-state index contributed by atoms with van der Waals surface area (Å²) in [6.45, 7) is 3.80. The third-order valence-corrected chi connectivity index (χ3v) is 3.48. The number of benzene rings is 1. The second kappa shape index (κ2) is 7.19. The molecule has 4 nitrogen and oxygen atoms in total. The molecule has 0 aliphatic heterocycles. The number of nitrogens with one attached hydrogen (secondary N) is 1. The normalized spacial score (nSPS) is 11.9. The molecule has 0 aliphatic carbocycles. The zero-order valence-electron chi connectivity index (χ0n) is 11.4. The number of rotatable bonds is 6. The quantitative estimate of drug-likeness (QED) is 0.839. The molecule has 0 heterocycles. The highest BCUT2D eigenvalue weighted by atomic mass is 32.2. The average Bonchev–Trinajstić information content (AvgIpc) is 2.33. The summed E-state index contributed by atoms with van der Waals surface area (Å²) in [6.07, 6.45) is 2.33. The summed E-state index contributed by atoms with van der Waals surface area (Å²) in [5.41, 5.74) is 2.46. The predicted molar refractivity (Wildman–Crippen MR) is 77.8 cm³/mol. The summed E-state index contributed by atoms with van der Waals surface area (Å²) in [5.74, 6) is -0.623. The van der Waals surface area contributed by atoms with Crippen molar-refractivity contribution in [1.29, 1.82) is 0 Å². The molecular weight excluding hydrogens is 262 g/mol. The minimum absolute atomic E-state index is 0.328. The van der Waals surface area contributed by atoms with E-state index in [1.807, 2.05) is 32.2 Å². The van der Waals surface area contributed by atoms with Crippen LogP contribution in [0.3, 0.4) is 0 Å². The first-order valence-electron chi connectivity index (χ1n) is 6.05. The fourth-order valence-corrected chi connectivity index (χ4v) is 2.27. The Bertz CT molecular complexity index is 474. The van der Waals surface area contributed by atoms with Gasteiger partial charge in [0.05, 0.1) is 0 Å². The Morgan fingerprint density at radius 2 is 2.05 bits per heavy atom. The van der Waals surface area contributed by atoms with E-state index < -0.39 is 12.0 Å². The number of carboxylic acid groups (broad SMARTS) is 1. The summed E-state index contributed by atoms with van der Waals surface area (Å²) in [4.78, 5) is 23.2. The average molecular weight is 281 g/mol. The smallest absolute Gasteiger partial charge is 0.326 e. The number of hydrogen-bond acceptors (Lipinski definition) is 3.